The topological polar surface area (TPSA) is 111 Å². The van der Waals surface area contributed by atoms with Gasteiger partial charge in [0.2, 0.25) is 0 Å². The molecule has 1 atom stereocenters. The number of nitro benzene ring substituents is 1. The molecular weight excluding hydrogens is 409 g/mol. The Balaban J connectivity index is 2.07. The number of nitrogens with one attached hydrogen (secondary N) is 1. The summed E-state index contributed by atoms with van der Waals surface area (Å²) in [5.74, 6) is -1.37. The van der Waals surface area contributed by atoms with Crippen LogP contribution in [0.15, 0.2) is 59.8 Å². The van der Waals surface area contributed by atoms with E-state index in [2.05, 4.69) is 5.32 Å². The average Bonchev–Trinajstić information content (AvgIpc) is 2.75. The highest BCUT2D eigenvalue weighted by Gasteiger charge is 2.37. The summed E-state index contributed by atoms with van der Waals surface area (Å²) in [5.41, 5.74) is 0.322. The molecule has 2 aromatic rings. The summed E-state index contributed by atoms with van der Waals surface area (Å²) in [6.45, 7) is 1.40. The summed E-state index contributed by atoms with van der Waals surface area (Å²) in [6.07, 6.45) is 0. The molecule has 2 amide bonds. The lowest BCUT2D eigenvalue weighted by atomic mass is 9.94. The number of ether oxygens (including phenoxy) is 2. The molecule has 0 aliphatic carbocycles. The summed E-state index contributed by atoms with van der Waals surface area (Å²) in [6, 6.07) is 9.74. The number of non-ortho nitro benzene ring substituents is 1. The molecule has 31 heavy (non-hydrogen) atoms. The standard InChI is InChI=1S/C21H20FN3O6/c1-3-30-20(26)18-16(12-31-17-10-5-4-9-15(17)22)24(2)21(27)23-19(18)13-7-6-8-14(11-13)25(28)29/h4-11,19H,3,12H2,1-2H3,(H,23,27). The fourth-order valence-corrected chi connectivity index (χ4v) is 3.16. The van der Waals surface area contributed by atoms with Crippen LogP contribution >= 0.6 is 0 Å². The molecule has 1 N–H and O–H groups in total. The molecule has 0 spiro atoms. The van der Waals surface area contributed by atoms with Crippen molar-refractivity contribution in [2.75, 3.05) is 20.3 Å². The highest BCUT2D eigenvalue weighted by Crippen LogP contribution is 2.33. The molecule has 1 aliphatic rings. The van der Waals surface area contributed by atoms with Crippen LogP contribution < -0.4 is 10.1 Å². The van der Waals surface area contributed by atoms with Gasteiger partial charge >= 0.3 is 12.0 Å². The number of nitro groups is 1. The van der Waals surface area contributed by atoms with Gasteiger partial charge < -0.3 is 14.8 Å². The zero-order chi connectivity index (χ0) is 22.5. The molecule has 0 saturated carbocycles. The first-order valence-electron chi connectivity index (χ1n) is 9.39. The second kappa shape index (κ2) is 9.24. The highest BCUT2D eigenvalue weighted by atomic mass is 19.1. The number of amides is 2. The van der Waals surface area contributed by atoms with Crippen molar-refractivity contribution in [3.05, 3.63) is 81.3 Å². The van der Waals surface area contributed by atoms with E-state index in [1.807, 2.05) is 0 Å². The van der Waals surface area contributed by atoms with Crippen LogP contribution in [-0.4, -0.2) is 42.1 Å². The minimum Gasteiger partial charge on any atom is -0.484 e. The Morgan fingerprint density at radius 1 is 1.26 bits per heavy atom. The normalized spacial score (nSPS) is 16.0. The van der Waals surface area contributed by atoms with E-state index in [0.717, 1.165) is 0 Å². The number of esters is 1. The number of hydrogen-bond donors (Lipinski definition) is 1. The summed E-state index contributed by atoms with van der Waals surface area (Å²) >= 11 is 0. The van der Waals surface area contributed by atoms with Crippen molar-refractivity contribution in [3.63, 3.8) is 0 Å². The maximum atomic E-state index is 14.0. The van der Waals surface area contributed by atoms with Crippen LogP contribution in [0.4, 0.5) is 14.9 Å². The minimum atomic E-state index is -1.01. The Kier molecular flexibility index (Phi) is 6.49. The third-order valence-corrected chi connectivity index (χ3v) is 4.69. The van der Waals surface area contributed by atoms with Crippen molar-refractivity contribution in [1.29, 1.82) is 0 Å². The summed E-state index contributed by atoms with van der Waals surface area (Å²) < 4.78 is 24.7. The number of benzene rings is 2. The molecule has 1 unspecified atom stereocenters. The zero-order valence-electron chi connectivity index (χ0n) is 16.8. The Bertz CT molecular complexity index is 1050. The van der Waals surface area contributed by atoms with Crippen molar-refractivity contribution in [3.8, 4) is 5.75 Å². The number of halogens is 1. The Morgan fingerprint density at radius 2 is 2.00 bits per heavy atom. The van der Waals surface area contributed by atoms with Crippen LogP contribution in [0.3, 0.4) is 0 Å². The van der Waals surface area contributed by atoms with Gasteiger partial charge in [-0.15, -0.1) is 0 Å². The van der Waals surface area contributed by atoms with Gasteiger partial charge in [-0.2, -0.15) is 0 Å². The molecule has 162 valence electrons. The monoisotopic (exact) mass is 429 g/mol. The van der Waals surface area contributed by atoms with E-state index in [1.54, 1.807) is 19.1 Å². The molecule has 0 aromatic heterocycles. The second-order valence-corrected chi connectivity index (χ2v) is 6.59. The SMILES string of the molecule is CCOC(=O)C1=C(COc2ccccc2F)N(C)C(=O)NC1c1cccc([N+](=O)[O-])c1. The van der Waals surface area contributed by atoms with Crippen molar-refractivity contribution in [2.45, 2.75) is 13.0 Å². The molecule has 0 saturated heterocycles. The molecule has 0 fully saturated rings. The molecule has 2 aromatic carbocycles. The number of urea groups is 1. The molecule has 0 bridgehead atoms. The fourth-order valence-electron chi connectivity index (χ4n) is 3.16. The number of carbonyl (C=O) groups is 2. The second-order valence-electron chi connectivity index (χ2n) is 6.59. The zero-order valence-corrected chi connectivity index (χ0v) is 16.8. The van der Waals surface area contributed by atoms with E-state index in [4.69, 9.17) is 9.47 Å². The smallest absolute Gasteiger partial charge is 0.338 e. The van der Waals surface area contributed by atoms with Crippen LogP contribution in [0.1, 0.15) is 18.5 Å². The van der Waals surface area contributed by atoms with Crippen molar-refractivity contribution < 1.29 is 28.4 Å². The molecule has 1 aliphatic heterocycles. The lowest BCUT2D eigenvalue weighted by Gasteiger charge is -2.34. The number of carbonyl (C=O) groups excluding carboxylic acids is 2. The molecule has 0 radical (unpaired) electrons. The van der Waals surface area contributed by atoms with Gasteiger partial charge in [0.1, 0.15) is 6.61 Å². The third-order valence-electron chi connectivity index (χ3n) is 4.69. The fraction of sp³-hybridized carbons (Fsp3) is 0.238. The van der Waals surface area contributed by atoms with Gasteiger partial charge in [-0.1, -0.05) is 24.3 Å². The number of rotatable bonds is 7. The first-order valence-corrected chi connectivity index (χ1v) is 9.39. The summed E-state index contributed by atoms with van der Waals surface area (Å²) in [7, 11) is 1.43. The van der Waals surface area contributed by atoms with Gasteiger partial charge in [-0.05, 0) is 24.6 Å². The van der Waals surface area contributed by atoms with Gasteiger partial charge in [-0.3, -0.25) is 15.0 Å². The van der Waals surface area contributed by atoms with Crippen LogP contribution in [-0.2, 0) is 9.53 Å². The van der Waals surface area contributed by atoms with E-state index in [0.29, 0.717) is 5.56 Å². The number of para-hydroxylation sites is 1. The van der Waals surface area contributed by atoms with Gasteiger partial charge in [-0.25, -0.2) is 14.0 Å². The predicted molar refractivity (Wildman–Crippen MR) is 108 cm³/mol. The molecular formula is C21H20FN3O6. The van der Waals surface area contributed by atoms with Crippen LogP contribution in [0.25, 0.3) is 0 Å². The van der Waals surface area contributed by atoms with Gasteiger partial charge in [0.25, 0.3) is 5.69 Å². The van der Waals surface area contributed by atoms with Crippen LogP contribution in [0.5, 0.6) is 5.75 Å². The Hall–Kier alpha value is -3.95. The molecule has 3 rings (SSSR count). The van der Waals surface area contributed by atoms with Gasteiger partial charge in [0.05, 0.1) is 28.8 Å². The minimum absolute atomic E-state index is 0.0424. The van der Waals surface area contributed by atoms with Crippen molar-refractivity contribution >= 4 is 17.7 Å². The predicted octanol–water partition coefficient (Wildman–Crippen LogP) is 3.33. The van der Waals surface area contributed by atoms with E-state index < -0.39 is 28.8 Å². The van der Waals surface area contributed by atoms with Gasteiger partial charge in [0.15, 0.2) is 11.6 Å². The number of nitrogens with zero attached hydrogens (tertiary/aromatic N) is 2. The maximum absolute atomic E-state index is 14.0. The van der Waals surface area contributed by atoms with E-state index in [-0.39, 0.29) is 35.9 Å². The third kappa shape index (κ3) is 4.63. The Labute approximate surface area is 177 Å². The van der Waals surface area contributed by atoms with Crippen molar-refractivity contribution in [1.82, 2.24) is 10.2 Å². The largest absolute Gasteiger partial charge is 0.484 e. The van der Waals surface area contributed by atoms with Crippen LogP contribution in [0, 0.1) is 15.9 Å². The van der Waals surface area contributed by atoms with Crippen molar-refractivity contribution in [2.24, 2.45) is 0 Å². The lowest BCUT2D eigenvalue weighted by Crippen LogP contribution is -2.48. The number of likely N-dealkylation sites (N-methyl/N-ethyl adjacent to an activating group) is 1. The first-order chi connectivity index (χ1) is 14.8. The van der Waals surface area contributed by atoms with Gasteiger partial charge in [0, 0.05) is 19.2 Å². The Morgan fingerprint density at radius 3 is 2.68 bits per heavy atom. The van der Waals surface area contributed by atoms with E-state index >= 15 is 0 Å². The van der Waals surface area contributed by atoms with E-state index in [9.17, 15) is 24.1 Å². The average molecular weight is 429 g/mol. The molecule has 9 nitrogen and oxygen atoms in total. The number of hydrogen-bond acceptors (Lipinski definition) is 6. The summed E-state index contributed by atoms with van der Waals surface area (Å²) in [4.78, 5) is 37.2. The molecule has 10 heteroatoms. The van der Waals surface area contributed by atoms with Crippen LogP contribution in [0.2, 0.25) is 0 Å². The lowest BCUT2D eigenvalue weighted by molar-refractivity contribution is -0.384. The first kappa shape index (κ1) is 21.8. The highest BCUT2D eigenvalue weighted by molar-refractivity contribution is 5.95. The molecule has 1 heterocycles. The maximum Gasteiger partial charge on any atom is 0.338 e. The quantitative estimate of drug-likeness (QED) is 0.411. The summed E-state index contributed by atoms with van der Waals surface area (Å²) in [5, 5.41) is 13.8. The van der Waals surface area contributed by atoms with E-state index in [1.165, 1.54) is 48.3 Å².